The second kappa shape index (κ2) is 5.46. The lowest BCUT2D eigenvalue weighted by molar-refractivity contribution is 0.111. The standard InChI is InChI=1S/C15H16N2O3/c1-19-13-2-3-14-11(9-13)8-12(10-18)15(16-14)17-4-6-20-7-5-17/h2-3,8-10H,4-7H2,1H3. The molecule has 0 aliphatic carbocycles. The van der Waals surface area contributed by atoms with Crippen LogP contribution in [0.25, 0.3) is 10.9 Å². The minimum atomic E-state index is 0.604. The molecule has 0 bridgehead atoms. The fraction of sp³-hybridized carbons (Fsp3) is 0.333. The van der Waals surface area contributed by atoms with Crippen LogP contribution in [0.4, 0.5) is 5.82 Å². The number of carbonyl (C=O) groups excluding carboxylic acids is 1. The first-order valence-corrected chi connectivity index (χ1v) is 6.58. The average Bonchev–Trinajstić information content (AvgIpc) is 2.53. The number of fused-ring (bicyclic) bond motifs is 1. The molecule has 3 rings (SSSR count). The van der Waals surface area contributed by atoms with Crippen LogP contribution in [0, 0.1) is 0 Å². The molecule has 1 aromatic heterocycles. The molecule has 0 atom stereocenters. The molecule has 0 amide bonds. The molecule has 1 aromatic carbocycles. The Labute approximate surface area is 117 Å². The Bertz CT molecular complexity index is 636. The quantitative estimate of drug-likeness (QED) is 0.799. The van der Waals surface area contributed by atoms with Crippen LogP contribution in [-0.2, 0) is 4.74 Å². The number of hydrogen-bond acceptors (Lipinski definition) is 5. The first kappa shape index (κ1) is 12.9. The summed E-state index contributed by atoms with van der Waals surface area (Å²) in [6, 6.07) is 7.53. The third-order valence-electron chi connectivity index (χ3n) is 3.47. The number of carbonyl (C=O) groups is 1. The molecule has 0 radical (unpaired) electrons. The third-order valence-corrected chi connectivity index (χ3v) is 3.47. The summed E-state index contributed by atoms with van der Waals surface area (Å²) < 4.78 is 10.5. The van der Waals surface area contributed by atoms with Crippen LogP contribution in [0.3, 0.4) is 0 Å². The van der Waals surface area contributed by atoms with Crippen LogP contribution in [0.15, 0.2) is 24.3 Å². The molecule has 1 fully saturated rings. The van der Waals surface area contributed by atoms with Gasteiger partial charge in [0.25, 0.3) is 0 Å². The topological polar surface area (TPSA) is 51.7 Å². The van der Waals surface area contributed by atoms with Crippen molar-refractivity contribution in [2.24, 2.45) is 0 Å². The Morgan fingerprint density at radius 2 is 2.10 bits per heavy atom. The maximum absolute atomic E-state index is 11.3. The smallest absolute Gasteiger partial charge is 0.153 e. The lowest BCUT2D eigenvalue weighted by atomic mass is 10.1. The van der Waals surface area contributed by atoms with Crippen LogP contribution < -0.4 is 9.64 Å². The van der Waals surface area contributed by atoms with Crippen molar-refractivity contribution in [1.82, 2.24) is 4.98 Å². The van der Waals surface area contributed by atoms with Gasteiger partial charge >= 0.3 is 0 Å². The number of pyridine rings is 1. The number of morpholine rings is 1. The first-order chi connectivity index (χ1) is 9.81. The van der Waals surface area contributed by atoms with Crippen LogP contribution >= 0.6 is 0 Å². The number of methoxy groups -OCH3 is 1. The van der Waals surface area contributed by atoms with E-state index in [0.717, 1.165) is 41.8 Å². The molecule has 0 spiro atoms. The zero-order valence-electron chi connectivity index (χ0n) is 11.3. The molecule has 1 aliphatic heterocycles. The van der Waals surface area contributed by atoms with E-state index < -0.39 is 0 Å². The van der Waals surface area contributed by atoms with Gasteiger partial charge < -0.3 is 14.4 Å². The summed E-state index contributed by atoms with van der Waals surface area (Å²) >= 11 is 0. The van der Waals surface area contributed by atoms with Gasteiger partial charge in [-0.05, 0) is 24.3 Å². The highest BCUT2D eigenvalue weighted by atomic mass is 16.5. The summed E-state index contributed by atoms with van der Waals surface area (Å²) in [6.07, 6.45) is 0.858. The fourth-order valence-electron chi connectivity index (χ4n) is 2.40. The fourth-order valence-corrected chi connectivity index (χ4v) is 2.40. The zero-order valence-corrected chi connectivity index (χ0v) is 11.3. The van der Waals surface area contributed by atoms with E-state index in [2.05, 4.69) is 9.88 Å². The van der Waals surface area contributed by atoms with Crippen molar-refractivity contribution >= 4 is 23.0 Å². The van der Waals surface area contributed by atoms with E-state index >= 15 is 0 Å². The monoisotopic (exact) mass is 272 g/mol. The van der Waals surface area contributed by atoms with Crippen molar-refractivity contribution in [2.45, 2.75) is 0 Å². The van der Waals surface area contributed by atoms with Gasteiger partial charge in [0.1, 0.15) is 11.6 Å². The van der Waals surface area contributed by atoms with E-state index in [-0.39, 0.29) is 0 Å². The Hall–Kier alpha value is -2.14. The van der Waals surface area contributed by atoms with E-state index in [1.54, 1.807) is 7.11 Å². The first-order valence-electron chi connectivity index (χ1n) is 6.58. The number of nitrogens with zero attached hydrogens (tertiary/aromatic N) is 2. The van der Waals surface area contributed by atoms with E-state index in [1.807, 2.05) is 24.3 Å². The maximum Gasteiger partial charge on any atom is 0.153 e. The SMILES string of the molecule is COc1ccc2nc(N3CCOCC3)c(C=O)cc2c1. The molecule has 0 saturated carbocycles. The third kappa shape index (κ3) is 2.32. The van der Waals surface area contributed by atoms with Gasteiger partial charge in [-0.1, -0.05) is 0 Å². The van der Waals surface area contributed by atoms with Gasteiger partial charge in [0.05, 0.1) is 31.4 Å². The second-order valence-corrected chi connectivity index (χ2v) is 4.68. The molecule has 2 heterocycles. The number of aldehydes is 1. The molecule has 5 heteroatoms. The van der Waals surface area contributed by atoms with Gasteiger partial charge in [0.15, 0.2) is 6.29 Å². The maximum atomic E-state index is 11.3. The number of ether oxygens (including phenoxy) is 2. The molecule has 104 valence electrons. The predicted octanol–water partition coefficient (Wildman–Crippen LogP) is 1.89. The largest absolute Gasteiger partial charge is 0.497 e. The minimum Gasteiger partial charge on any atom is -0.497 e. The lowest BCUT2D eigenvalue weighted by Crippen LogP contribution is -2.37. The minimum absolute atomic E-state index is 0.604. The lowest BCUT2D eigenvalue weighted by Gasteiger charge is -2.28. The summed E-state index contributed by atoms with van der Waals surface area (Å²) in [4.78, 5) is 18.1. The average molecular weight is 272 g/mol. The normalized spacial score (nSPS) is 15.3. The Morgan fingerprint density at radius 3 is 2.80 bits per heavy atom. The van der Waals surface area contributed by atoms with Crippen molar-refractivity contribution in [1.29, 1.82) is 0 Å². The van der Waals surface area contributed by atoms with Crippen molar-refractivity contribution in [3.8, 4) is 5.75 Å². The summed E-state index contributed by atoms with van der Waals surface area (Å²) in [7, 11) is 1.62. The molecule has 5 nitrogen and oxygen atoms in total. The molecular formula is C15H16N2O3. The van der Waals surface area contributed by atoms with Crippen LogP contribution in [0.2, 0.25) is 0 Å². The van der Waals surface area contributed by atoms with E-state index in [0.29, 0.717) is 18.8 Å². The number of benzene rings is 1. The van der Waals surface area contributed by atoms with Crippen LogP contribution in [0.1, 0.15) is 10.4 Å². The van der Waals surface area contributed by atoms with Crippen LogP contribution in [-0.4, -0.2) is 44.7 Å². The Morgan fingerprint density at radius 1 is 1.30 bits per heavy atom. The molecule has 1 saturated heterocycles. The molecule has 1 aliphatic rings. The zero-order chi connectivity index (χ0) is 13.9. The van der Waals surface area contributed by atoms with Crippen molar-refractivity contribution in [2.75, 3.05) is 38.3 Å². The molecule has 0 unspecified atom stereocenters. The van der Waals surface area contributed by atoms with Gasteiger partial charge in [0, 0.05) is 18.5 Å². The van der Waals surface area contributed by atoms with Crippen molar-refractivity contribution in [3.63, 3.8) is 0 Å². The summed E-state index contributed by atoms with van der Waals surface area (Å²) in [5, 5.41) is 0.906. The summed E-state index contributed by atoms with van der Waals surface area (Å²) in [6.45, 7) is 2.85. The number of anilines is 1. The highest BCUT2D eigenvalue weighted by molar-refractivity contribution is 5.92. The van der Waals surface area contributed by atoms with Crippen molar-refractivity contribution in [3.05, 3.63) is 29.8 Å². The molecule has 0 N–H and O–H groups in total. The van der Waals surface area contributed by atoms with E-state index in [9.17, 15) is 4.79 Å². The molecule has 2 aromatic rings. The van der Waals surface area contributed by atoms with Gasteiger partial charge in [-0.25, -0.2) is 4.98 Å². The predicted molar refractivity (Wildman–Crippen MR) is 76.7 cm³/mol. The Kier molecular flexibility index (Phi) is 3.52. The van der Waals surface area contributed by atoms with Gasteiger partial charge in [-0.15, -0.1) is 0 Å². The molecule has 20 heavy (non-hydrogen) atoms. The van der Waals surface area contributed by atoms with Gasteiger partial charge in [-0.3, -0.25) is 4.79 Å². The molecular weight excluding hydrogens is 256 g/mol. The van der Waals surface area contributed by atoms with Crippen LogP contribution in [0.5, 0.6) is 5.75 Å². The summed E-state index contributed by atoms with van der Waals surface area (Å²) in [5.74, 6) is 1.50. The van der Waals surface area contributed by atoms with Gasteiger partial charge in [-0.2, -0.15) is 0 Å². The Balaban J connectivity index is 2.09. The highest BCUT2D eigenvalue weighted by Gasteiger charge is 2.17. The highest BCUT2D eigenvalue weighted by Crippen LogP contribution is 2.26. The number of hydrogen-bond donors (Lipinski definition) is 0. The summed E-state index contributed by atoms with van der Waals surface area (Å²) in [5.41, 5.74) is 1.46. The number of aromatic nitrogens is 1. The van der Waals surface area contributed by atoms with Crippen molar-refractivity contribution < 1.29 is 14.3 Å². The second-order valence-electron chi connectivity index (χ2n) is 4.68. The number of rotatable bonds is 3. The van der Waals surface area contributed by atoms with E-state index in [4.69, 9.17) is 9.47 Å². The van der Waals surface area contributed by atoms with Gasteiger partial charge in [0.2, 0.25) is 0 Å². The van der Waals surface area contributed by atoms with E-state index in [1.165, 1.54) is 0 Å².